The molecule has 0 spiro atoms. The Bertz CT molecular complexity index is 1710. The topological polar surface area (TPSA) is 96.0 Å². The van der Waals surface area contributed by atoms with E-state index < -0.39 is 28.5 Å². The fourth-order valence-corrected chi connectivity index (χ4v) is 6.57. The van der Waals surface area contributed by atoms with Crippen LogP contribution < -0.4 is 14.4 Å². The molecule has 242 valence electrons. The van der Waals surface area contributed by atoms with E-state index in [1.54, 1.807) is 36.4 Å². The first kappa shape index (κ1) is 34.7. The first-order valence-corrected chi connectivity index (χ1v) is 17.3. The third-order valence-corrected chi connectivity index (χ3v) is 9.77. The van der Waals surface area contributed by atoms with E-state index in [-0.39, 0.29) is 35.4 Å². The van der Waals surface area contributed by atoms with E-state index in [2.05, 4.69) is 21.2 Å². The van der Waals surface area contributed by atoms with Crippen molar-refractivity contribution in [3.05, 3.63) is 124 Å². The molecule has 4 rings (SSSR count). The Morgan fingerprint density at radius 3 is 2.17 bits per heavy atom. The van der Waals surface area contributed by atoms with Gasteiger partial charge in [-0.2, -0.15) is 0 Å². The van der Waals surface area contributed by atoms with Gasteiger partial charge in [-0.15, -0.1) is 0 Å². The van der Waals surface area contributed by atoms with Crippen LogP contribution in [-0.4, -0.2) is 51.4 Å². The zero-order valence-electron chi connectivity index (χ0n) is 26.5. The normalized spacial score (nSPS) is 12.0. The molecule has 0 unspecified atom stereocenters. The Morgan fingerprint density at radius 2 is 1.54 bits per heavy atom. The van der Waals surface area contributed by atoms with Crippen LogP contribution in [0, 0.1) is 12.8 Å². The predicted molar refractivity (Wildman–Crippen MR) is 185 cm³/mol. The largest absolute Gasteiger partial charge is 0.497 e. The molecule has 46 heavy (non-hydrogen) atoms. The Balaban J connectivity index is 1.81. The summed E-state index contributed by atoms with van der Waals surface area (Å²) in [5.41, 5.74) is 2.83. The number of hydrogen-bond acceptors (Lipinski definition) is 5. The van der Waals surface area contributed by atoms with E-state index in [0.717, 1.165) is 25.5 Å². The Morgan fingerprint density at radius 1 is 0.870 bits per heavy atom. The van der Waals surface area contributed by atoms with Crippen molar-refractivity contribution in [2.24, 2.45) is 5.92 Å². The van der Waals surface area contributed by atoms with Gasteiger partial charge in [-0.05, 0) is 60.4 Å². The van der Waals surface area contributed by atoms with Gasteiger partial charge in [-0.25, -0.2) is 8.42 Å². The van der Waals surface area contributed by atoms with Crippen LogP contribution in [0.3, 0.4) is 0 Å². The second-order valence-corrected chi connectivity index (χ2v) is 14.3. The van der Waals surface area contributed by atoms with Crippen molar-refractivity contribution in [3.63, 3.8) is 0 Å². The molecule has 4 aromatic carbocycles. The molecule has 0 aromatic heterocycles. The number of halogens is 1. The summed E-state index contributed by atoms with van der Waals surface area (Å²) in [5.74, 6) is -0.199. The van der Waals surface area contributed by atoms with Crippen LogP contribution in [0.25, 0.3) is 0 Å². The highest BCUT2D eigenvalue weighted by Crippen LogP contribution is 2.28. The summed E-state index contributed by atoms with van der Waals surface area (Å²) in [7, 11) is -2.71. The number of ether oxygens (including phenoxy) is 1. The second kappa shape index (κ2) is 15.9. The average Bonchev–Trinajstić information content (AvgIpc) is 3.05. The minimum atomic E-state index is -4.21. The summed E-state index contributed by atoms with van der Waals surface area (Å²) in [6, 6.07) is 29.1. The van der Waals surface area contributed by atoms with E-state index in [9.17, 15) is 18.0 Å². The van der Waals surface area contributed by atoms with Crippen molar-refractivity contribution >= 4 is 43.5 Å². The monoisotopic (exact) mass is 705 g/mol. The first-order valence-electron chi connectivity index (χ1n) is 15.1. The molecule has 1 N–H and O–H groups in total. The Kier molecular flexibility index (Phi) is 12.0. The molecular formula is C36H40BrN3O5S. The van der Waals surface area contributed by atoms with Gasteiger partial charge in [0, 0.05) is 30.0 Å². The van der Waals surface area contributed by atoms with Crippen molar-refractivity contribution in [2.45, 2.75) is 44.7 Å². The van der Waals surface area contributed by atoms with Crippen LogP contribution in [0.1, 0.15) is 30.5 Å². The van der Waals surface area contributed by atoms with Crippen LogP contribution in [0.15, 0.2) is 112 Å². The van der Waals surface area contributed by atoms with Gasteiger partial charge in [-0.3, -0.25) is 13.9 Å². The van der Waals surface area contributed by atoms with Crippen molar-refractivity contribution in [1.29, 1.82) is 0 Å². The van der Waals surface area contributed by atoms with Crippen molar-refractivity contribution < 1.29 is 22.7 Å². The number of aryl methyl sites for hydroxylation is 1. The van der Waals surface area contributed by atoms with Crippen LogP contribution >= 0.6 is 15.9 Å². The predicted octanol–water partition coefficient (Wildman–Crippen LogP) is 6.37. The smallest absolute Gasteiger partial charge is 0.264 e. The highest BCUT2D eigenvalue weighted by atomic mass is 79.9. The van der Waals surface area contributed by atoms with E-state index in [1.165, 1.54) is 24.1 Å². The molecule has 0 aliphatic carbocycles. The molecule has 8 nitrogen and oxygen atoms in total. The van der Waals surface area contributed by atoms with Crippen molar-refractivity contribution in [1.82, 2.24) is 10.2 Å². The zero-order chi connectivity index (χ0) is 33.3. The molecule has 4 aromatic rings. The van der Waals surface area contributed by atoms with E-state index >= 15 is 0 Å². The van der Waals surface area contributed by atoms with Gasteiger partial charge < -0.3 is 15.0 Å². The molecule has 2 amide bonds. The Labute approximate surface area is 280 Å². The standard InChI is InChI=1S/C36H40BrN3O5S/c1-26(2)23-38-36(42)34(21-28-9-6-5-7-10-28)39(24-29-15-17-30(37)18-16-29)35(41)25-40(31-11-8-12-32(22-31)45-4)46(43,44)33-19-13-27(3)14-20-33/h5-20,22,26,34H,21,23-25H2,1-4H3,(H,38,42)/t34-/m1/s1. The van der Waals surface area contributed by atoms with E-state index in [1.807, 2.05) is 75.4 Å². The number of carbonyl (C=O) groups is 2. The van der Waals surface area contributed by atoms with Crippen LogP contribution in [0.5, 0.6) is 5.75 Å². The number of carbonyl (C=O) groups excluding carboxylic acids is 2. The molecular weight excluding hydrogens is 666 g/mol. The van der Waals surface area contributed by atoms with Crippen LogP contribution in [0.2, 0.25) is 0 Å². The third-order valence-electron chi connectivity index (χ3n) is 7.45. The molecule has 0 aliphatic rings. The van der Waals surface area contributed by atoms with Gasteiger partial charge in [0.05, 0.1) is 17.7 Å². The molecule has 0 heterocycles. The molecule has 0 saturated heterocycles. The maximum atomic E-state index is 14.6. The fourth-order valence-electron chi connectivity index (χ4n) is 4.89. The molecule has 0 saturated carbocycles. The lowest BCUT2D eigenvalue weighted by Crippen LogP contribution is -2.53. The quantitative estimate of drug-likeness (QED) is 0.164. The lowest BCUT2D eigenvalue weighted by molar-refractivity contribution is -0.140. The van der Waals surface area contributed by atoms with E-state index in [4.69, 9.17) is 4.74 Å². The van der Waals surface area contributed by atoms with Gasteiger partial charge in [0.2, 0.25) is 11.8 Å². The lowest BCUT2D eigenvalue weighted by atomic mass is 10.0. The molecule has 0 aliphatic heterocycles. The number of rotatable bonds is 14. The van der Waals surface area contributed by atoms with Crippen molar-refractivity contribution in [3.8, 4) is 5.75 Å². The minimum Gasteiger partial charge on any atom is -0.497 e. The molecule has 0 fully saturated rings. The summed E-state index contributed by atoms with van der Waals surface area (Å²) in [6.07, 6.45) is 0.247. The van der Waals surface area contributed by atoms with Crippen LogP contribution in [0.4, 0.5) is 5.69 Å². The molecule has 0 radical (unpaired) electrons. The number of benzene rings is 4. The van der Waals surface area contributed by atoms with Gasteiger partial charge in [0.25, 0.3) is 10.0 Å². The fraction of sp³-hybridized carbons (Fsp3) is 0.278. The molecule has 10 heteroatoms. The number of anilines is 1. The van der Waals surface area contributed by atoms with E-state index in [0.29, 0.717) is 12.3 Å². The Hall–Kier alpha value is -4.15. The number of sulfonamides is 1. The maximum absolute atomic E-state index is 14.6. The maximum Gasteiger partial charge on any atom is 0.264 e. The van der Waals surface area contributed by atoms with Crippen molar-refractivity contribution in [2.75, 3.05) is 24.5 Å². The zero-order valence-corrected chi connectivity index (χ0v) is 28.9. The minimum absolute atomic E-state index is 0.0451. The second-order valence-electron chi connectivity index (χ2n) is 11.5. The number of hydrogen-bond donors (Lipinski definition) is 1. The SMILES string of the molecule is COc1cccc(N(CC(=O)N(Cc2ccc(Br)cc2)[C@H](Cc2ccccc2)C(=O)NCC(C)C)S(=O)(=O)c2ccc(C)cc2)c1. The van der Waals surface area contributed by atoms with Gasteiger partial charge in [-0.1, -0.05) is 96.0 Å². The first-order chi connectivity index (χ1) is 22.0. The summed E-state index contributed by atoms with van der Waals surface area (Å²) in [4.78, 5) is 30.0. The van der Waals surface area contributed by atoms with Gasteiger partial charge in [0.1, 0.15) is 18.3 Å². The van der Waals surface area contributed by atoms with Gasteiger partial charge in [0.15, 0.2) is 0 Å². The summed E-state index contributed by atoms with van der Waals surface area (Å²) in [6.45, 7) is 5.86. The highest BCUT2D eigenvalue weighted by Gasteiger charge is 2.34. The summed E-state index contributed by atoms with van der Waals surface area (Å²) in [5, 5.41) is 3.01. The number of nitrogens with one attached hydrogen (secondary N) is 1. The number of amides is 2. The number of nitrogens with zero attached hydrogens (tertiary/aromatic N) is 2. The third kappa shape index (κ3) is 9.20. The number of methoxy groups -OCH3 is 1. The van der Waals surface area contributed by atoms with Crippen LogP contribution in [-0.2, 0) is 32.6 Å². The highest BCUT2D eigenvalue weighted by molar-refractivity contribution is 9.10. The lowest BCUT2D eigenvalue weighted by Gasteiger charge is -2.34. The van der Waals surface area contributed by atoms with Gasteiger partial charge >= 0.3 is 0 Å². The summed E-state index contributed by atoms with van der Waals surface area (Å²) < 4.78 is 35.7. The average molecular weight is 707 g/mol. The molecule has 1 atom stereocenters. The molecule has 0 bridgehead atoms. The summed E-state index contributed by atoms with van der Waals surface area (Å²) >= 11 is 3.46.